The summed E-state index contributed by atoms with van der Waals surface area (Å²) in [5.74, 6) is -1.20. The number of methoxy groups -OCH3 is 2. The Hall–Kier alpha value is -2.62. The molecule has 3 fully saturated rings. The number of ether oxygens (including phenoxy) is 2. The zero-order valence-electron chi connectivity index (χ0n) is 33.8. The van der Waals surface area contributed by atoms with Crippen LogP contribution in [0, 0.1) is 23.7 Å². The number of rotatable bonds is 19. The number of benzene rings is 1. The van der Waals surface area contributed by atoms with Crippen LogP contribution < -0.4 is 10.6 Å². The molecule has 1 aromatic carbocycles. The summed E-state index contributed by atoms with van der Waals surface area (Å²) in [4.78, 5) is 74.0. The average molecular weight is 866 g/mol. The zero-order valence-corrected chi connectivity index (χ0v) is 35.9. The summed E-state index contributed by atoms with van der Waals surface area (Å²) in [7, 11) is 6.89. The standard InChI is InChI=1S/C41H64IN5O7/c1-10-25(4)35(46(7)41(52)34(24(2)3)44-40(51)36-28-18-19-29(22-28)45(36)6)32(53-8)23-33(48)47-20-14-17-31(47)37(54-9)26(5)39(50)43-30(38(42)49)21-27-15-12-11-13-16-27/h11-13,15-16,24-26,28-32,34-37H,10,14,17-23H2,1-9H3,(H,43,50)(H,44,51). The van der Waals surface area contributed by atoms with Gasteiger partial charge in [-0.05, 0) is 62.5 Å². The van der Waals surface area contributed by atoms with Crippen molar-refractivity contribution in [3.63, 3.8) is 0 Å². The molecule has 0 aromatic heterocycles. The van der Waals surface area contributed by atoms with Gasteiger partial charge in [0.05, 0.1) is 42.7 Å². The van der Waals surface area contributed by atoms with E-state index >= 15 is 0 Å². The van der Waals surface area contributed by atoms with Gasteiger partial charge in [-0.3, -0.25) is 28.9 Å². The van der Waals surface area contributed by atoms with Gasteiger partial charge in [-0.2, -0.15) is 0 Å². The average Bonchev–Trinajstić information content (AvgIpc) is 3.90. The van der Waals surface area contributed by atoms with E-state index in [2.05, 4.69) is 29.4 Å². The molecule has 302 valence electrons. The summed E-state index contributed by atoms with van der Waals surface area (Å²) in [5, 5.41) is 6.06. The smallest absolute Gasteiger partial charge is 0.245 e. The highest BCUT2D eigenvalue weighted by Crippen LogP contribution is 2.41. The van der Waals surface area contributed by atoms with Crippen molar-refractivity contribution < 1.29 is 33.4 Å². The van der Waals surface area contributed by atoms with Crippen LogP contribution in [0.2, 0.25) is 0 Å². The van der Waals surface area contributed by atoms with E-state index in [1.54, 1.807) is 60.6 Å². The van der Waals surface area contributed by atoms with Crippen molar-refractivity contribution in [1.82, 2.24) is 25.3 Å². The number of carbonyl (C=O) groups excluding carboxylic acids is 5. The SMILES string of the molecule is CCC(C)C(C(CC(=O)N1CCCC1C(OC)C(C)C(=O)NC(Cc1ccccc1)C(=O)I)OC)N(C)C(=O)C(NC(=O)C1C2CCC(C2)N1C)C(C)C. The van der Waals surface area contributed by atoms with Crippen molar-refractivity contribution in [1.29, 1.82) is 0 Å². The molecule has 11 atom stereocenters. The maximum atomic E-state index is 14.3. The Morgan fingerprint density at radius 3 is 2.22 bits per heavy atom. The third-order valence-corrected chi connectivity index (χ3v) is 13.3. The van der Waals surface area contributed by atoms with Gasteiger partial charge >= 0.3 is 0 Å². The molecule has 1 aromatic rings. The topological polar surface area (TPSA) is 138 Å². The van der Waals surface area contributed by atoms with Crippen molar-refractivity contribution in [3.8, 4) is 0 Å². The summed E-state index contributed by atoms with van der Waals surface area (Å²) in [6.07, 6.45) is 4.55. The number of amides is 4. The van der Waals surface area contributed by atoms with Crippen LogP contribution in [0.1, 0.15) is 85.1 Å². The summed E-state index contributed by atoms with van der Waals surface area (Å²) < 4.78 is 11.8. The van der Waals surface area contributed by atoms with Gasteiger partial charge in [0.2, 0.25) is 27.4 Å². The molecule has 0 spiro atoms. The van der Waals surface area contributed by atoms with Gasteiger partial charge in [0.1, 0.15) is 12.1 Å². The molecule has 1 aliphatic carbocycles. The van der Waals surface area contributed by atoms with Crippen molar-refractivity contribution in [2.75, 3.05) is 34.9 Å². The molecule has 4 rings (SSSR count). The van der Waals surface area contributed by atoms with Crippen LogP contribution in [0.15, 0.2) is 30.3 Å². The number of fused-ring (bicyclic) bond motifs is 2. The summed E-state index contributed by atoms with van der Waals surface area (Å²) >= 11 is 1.73. The normalized spacial score (nSPS) is 25.1. The number of nitrogens with zero attached hydrogens (tertiary/aromatic N) is 3. The van der Waals surface area contributed by atoms with Crippen molar-refractivity contribution in [2.45, 2.75) is 134 Å². The monoisotopic (exact) mass is 865 g/mol. The fraction of sp³-hybridized carbons (Fsp3) is 0.732. The first kappa shape index (κ1) is 44.1. The van der Waals surface area contributed by atoms with Crippen LogP contribution in [-0.2, 0) is 39.9 Å². The van der Waals surface area contributed by atoms with E-state index in [1.165, 1.54) is 0 Å². The first-order valence-electron chi connectivity index (χ1n) is 19.8. The number of piperidine rings is 1. The van der Waals surface area contributed by atoms with E-state index in [1.807, 2.05) is 51.2 Å². The molecule has 12 nitrogen and oxygen atoms in total. The van der Waals surface area contributed by atoms with E-state index in [0.29, 0.717) is 31.3 Å². The predicted octanol–water partition coefficient (Wildman–Crippen LogP) is 4.22. The highest BCUT2D eigenvalue weighted by atomic mass is 127. The van der Waals surface area contributed by atoms with Crippen molar-refractivity contribution >= 4 is 50.0 Å². The Morgan fingerprint density at radius 2 is 1.67 bits per heavy atom. The highest BCUT2D eigenvalue weighted by Gasteiger charge is 2.49. The lowest BCUT2D eigenvalue weighted by molar-refractivity contribution is -0.148. The van der Waals surface area contributed by atoms with Gasteiger partial charge in [-0.15, -0.1) is 0 Å². The fourth-order valence-electron chi connectivity index (χ4n) is 9.23. The van der Waals surface area contributed by atoms with E-state index in [-0.39, 0.29) is 57.8 Å². The molecule has 2 N–H and O–H groups in total. The van der Waals surface area contributed by atoms with Crippen LogP contribution in [0.5, 0.6) is 0 Å². The van der Waals surface area contributed by atoms with Crippen LogP contribution >= 0.6 is 22.6 Å². The Morgan fingerprint density at radius 1 is 0.981 bits per heavy atom. The Labute approximate surface area is 336 Å². The molecule has 2 saturated heterocycles. The molecule has 54 heavy (non-hydrogen) atoms. The number of nitrogens with one attached hydrogen (secondary N) is 2. The summed E-state index contributed by atoms with van der Waals surface area (Å²) in [6.45, 7) is 10.3. The number of hydrogen-bond acceptors (Lipinski definition) is 8. The van der Waals surface area contributed by atoms with Crippen LogP contribution in [0.25, 0.3) is 0 Å². The third-order valence-electron chi connectivity index (χ3n) is 12.5. The van der Waals surface area contributed by atoms with E-state index in [9.17, 15) is 24.0 Å². The lowest BCUT2D eigenvalue weighted by Gasteiger charge is -2.41. The highest BCUT2D eigenvalue weighted by molar-refractivity contribution is 14.1. The minimum absolute atomic E-state index is 0.00817. The molecular weight excluding hydrogens is 801 g/mol. The fourth-order valence-corrected chi connectivity index (χ4v) is 9.60. The molecule has 2 bridgehead atoms. The van der Waals surface area contributed by atoms with Gasteiger partial charge in [0.15, 0.2) is 0 Å². The second kappa shape index (κ2) is 20.0. The molecule has 4 amide bonds. The third kappa shape index (κ3) is 10.2. The second-order valence-corrected chi connectivity index (χ2v) is 17.3. The Bertz CT molecular complexity index is 1450. The first-order chi connectivity index (χ1) is 25.6. The number of carbonyl (C=O) groups is 5. The Balaban J connectivity index is 1.46. The molecule has 2 aliphatic heterocycles. The minimum Gasteiger partial charge on any atom is -0.379 e. The number of likely N-dealkylation sites (N-methyl/N-ethyl adjacent to an activating group) is 2. The molecule has 2 heterocycles. The molecule has 1 saturated carbocycles. The van der Waals surface area contributed by atoms with Gasteiger partial charge < -0.3 is 29.9 Å². The van der Waals surface area contributed by atoms with Gasteiger partial charge in [-0.1, -0.05) is 71.4 Å². The second-order valence-electron chi connectivity index (χ2n) is 16.2. The van der Waals surface area contributed by atoms with Gasteiger partial charge in [0, 0.05) is 62.9 Å². The molecule has 13 heteroatoms. The maximum absolute atomic E-state index is 14.3. The number of likely N-dealkylation sites (tertiary alicyclic amines) is 2. The van der Waals surface area contributed by atoms with Gasteiger partial charge in [0.25, 0.3) is 0 Å². The lowest BCUT2D eigenvalue weighted by atomic mass is 9.89. The first-order valence-corrected chi connectivity index (χ1v) is 20.9. The number of hydrogen-bond donors (Lipinski definition) is 2. The molecular formula is C41H64IN5O7. The quantitative estimate of drug-likeness (QED) is 0.156. The van der Waals surface area contributed by atoms with E-state index in [0.717, 1.165) is 37.7 Å². The van der Waals surface area contributed by atoms with Crippen molar-refractivity contribution in [2.24, 2.45) is 23.7 Å². The molecule has 11 unspecified atom stereocenters. The molecule has 0 radical (unpaired) electrons. The van der Waals surface area contributed by atoms with E-state index in [4.69, 9.17) is 9.47 Å². The van der Waals surface area contributed by atoms with Crippen LogP contribution in [-0.4, -0.2) is 125 Å². The van der Waals surface area contributed by atoms with Crippen molar-refractivity contribution in [3.05, 3.63) is 35.9 Å². The minimum atomic E-state index is -0.720. The summed E-state index contributed by atoms with van der Waals surface area (Å²) in [6, 6.07) is 7.56. The zero-order chi connectivity index (χ0) is 39.9. The number of halogens is 1. The van der Waals surface area contributed by atoms with Crippen LogP contribution in [0.4, 0.5) is 0 Å². The van der Waals surface area contributed by atoms with Gasteiger partial charge in [-0.25, -0.2) is 0 Å². The molecule has 3 aliphatic rings. The van der Waals surface area contributed by atoms with E-state index < -0.39 is 36.3 Å². The van der Waals surface area contributed by atoms with Crippen LogP contribution in [0.3, 0.4) is 0 Å². The summed E-state index contributed by atoms with van der Waals surface area (Å²) in [5.41, 5.74) is 0.945. The predicted molar refractivity (Wildman–Crippen MR) is 217 cm³/mol. The largest absolute Gasteiger partial charge is 0.379 e. The maximum Gasteiger partial charge on any atom is 0.245 e. The lowest BCUT2D eigenvalue weighted by Crippen LogP contribution is -2.60. The Kier molecular flexibility index (Phi) is 16.3.